The smallest absolute Gasteiger partial charge is 0.124 e. The molecule has 0 saturated heterocycles. The second kappa shape index (κ2) is 3.20. The van der Waals surface area contributed by atoms with Gasteiger partial charge in [-0.1, -0.05) is 17.7 Å². The van der Waals surface area contributed by atoms with E-state index >= 15 is 0 Å². The molecule has 1 aliphatic rings. The molecule has 0 saturated carbocycles. The Morgan fingerprint density at radius 2 is 2.38 bits per heavy atom. The summed E-state index contributed by atoms with van der Waals surface area (Å²) in [5, 5.41) is 0.761. The molecule has 0 amide bonds. The zero-order valence-corrected chi connectivity index (χ0v) is 8.21. The van der Waals surface area contributed by atoms with Crippen molar-refractivity contribution < 1.29 is 4.74 Å². The molecule has 2 atom stereocenters. The van der Waals surface area contributed by atoms with Crippen molar-refractivity contribution in [2.75, 3.05) is 6.61 Å². The third-order valence-electron chi connectivity index (χ3n) is 2.44. The molecule has 0 spiro atoms. The molecule has 2 nitrogen and oxygen atoms in total. The number of nitrogens with two attached hydrogens (primary N) is 1. The lowest BCUT2D eigenvalue weighted by molar-refractivity contribution is 0.318. The number of halogens is 1. The summed E-state index contributed by atoms with van der Waals surface area (Å²) in [6, 6.07) is 5.79. The fourth-order valence-corrected chi connectivity index (χ4v) is 1.99. The van der Waals surface area contributed by atoms with Crippen molar-refractivity contribution >= 4 is 11.6 Å². The third-order valence-corrected chi connectivity index (χ3v) is 2.77. The van der Waals surface area contributed by atoms with Gasteiger partial charge in [-0.15, -0.1) is 0 Å². The Morgan fingerprint density at radius 3 is 3.08 bits per heavy atom. The van der Waals surface area contributed by atoms with Crippen LogP contribution < -0.4 is 10.5 Å². The van der Waals surface area contributed by atoms with Crippen LogP contribution in [0.25, 0.3) is 0 Å². The van der Waals surface area contributed by atoms with Gasteiger partial charge < -0.3 is 10.5 Å². The summed E-state index contributed by atoms with van der Waals surface area (Å²) in [5.41, 5.74) is 6.91. The van der Waals surface area contributed by atoms with Crippen molar-refractivity contribution in [3.8, 4) is 5.75 Å². The Morgan fingerprint density at radius 1 is 1.62 bits per heavy atom. The minimum absolute atomic E-state index is 0.0844. The van der Waals surface area contributed by atoms with Crippen LogP contribution in [0.4, 0.5) is 0 Å². The maximum absolute atomic E-state index is 6.07. The standard InChI is InChI=1S/C10H12ClNO/c1-6(12)7-5-13-9-4-2-3-8(11)10(7)9/h2-4,6-7H,5,12H2,1H3. The molecule has 1 aliphatic heterocycles. The summed E-state index contributed by atoms with van der Waals surface area (Å²) >= 11 is 6.07. The first-order valence-corrected chi connectivity index (χ1v) is 4.74. The van der Waals surface area contributed by atoms with Crippen LogP contribution in [0.5, 0.6) is 5.75 Å². The van der Waals surface area contributed by atoms with Crippen LogP contribution in [-0.4, -0.2) is 12.6 Å². The minimum Gasteiger partial charge on any atom is -0.493 e. The van der Waals surface area contributed by atoms with Gasteiger partial charge in [0.1, 0.15) is 5.75 Å². The maximum atomic E-state index is 6.07. The number of hydrogen-bond donors (Lipinski definition) is 1. The molecule has 1 heterocycles. The molecule has 2 unspecified atom stereocenters. The number of hydrogen-bond acceptors (Lipinski definition) is 2. The molecule has 0 aliphatic carbocycles. The van der Waals surface area contributed by atoms with Crippen molar-refractivity contribution in [2.45, 2.75) is 18.9 Å². The lowest BCUT2D eigenvalue weighted by atomic mass is 9.95. The fourth-order valence-electron chi connectivity index (χ4n) is 1.68. The van der Waals surface area contributed by atoms with Crippen molar-refractivity contribution in [3.05, 3.63) is 28.8 Å². The Bertz CT molecular complexity index is 325. The predicted molar refractivity (Wildman–Crippen MR) is 53.3 cm³/mol. The first-order chi connectivity index (χ1) is 6.20. The van der Waals surface area contributed by atoms with E-state index in [4.69, 9.17) is 22.1 Å². The Hall–Kier alpha value is -0.730. The number of fused-ring (bicyclic) bond motifs is 1. The Balaban J connectivity index is 2.46. The first kappa shape index (κ1) is 8.85. The minimum atomic E-state index is 0.0844. The van der Waals surface area contributed by atoms with E-state index in [2.05, 4.69) is 0 Å². The van der Waals surface area contributed by atoms with E-state index in [9.17, 15) is 0 Å². The number of benzene rings is 1. The van der Waals surface area contributed by atoms with Gasteiger partial charge in [-0.2, -0.15) is 0 Å². The molecule has 0 radical (unpaired) electrons. The second-order valence-electron chi connectivity index (χ2n) is 3.43. The quantitative estimate of drug-likeness (QED) is 0.749. The van der Waals surface area contributed by atoms with Crippen molar-refractivity contribution in [3.63, 3.8) is 0 Å². The average molecular weight is 198 g/mol. The van der Waals surface area contributed by atoms with Gasteiger partial charge in [-0.3, -0.25) is 0 Å². The van der Waals surface area contributed by atoms with Gasteiger partial charge in [-0.25, -0.2) is 0 Å². The normalized spacial score (nSPS) is 22.2. The highest BCUT2D eigenvalue weighted by Gasteiger charge is 2.28. The van der Waals surface area contributed by atoms with Gasteiger partial charge in [0.05, 0.1) is 6.61 Å². The topological polar surface area (TPSA) is 35.2 Å². The van der Waals surface area contributed by atoms with Crippen molar-refractivity contribution in [1.29, 1.82) is 0 Å². The lowest BCUT2D eigenvalue weighted by Crippen LogP contribution is -2.25. The van der Waals surface area contributed by atoms with Crippen LogP contribution in [0.3, 0.4) is 0 Å². The molecule has 2 rings (SSSR count). The van der Waals surface area contributed by atoms with E-state index in [1.807, 2.05) is 25.1 Å². The largest absolute Gasteiger partial charge is 0.493 e. The van der Waals surface area contributed by atoms with Gasteiger partial charge in [-0.05, 0) is 19.1 Å². The fraction of sp³-hybridized carbons (Fsp3) is 0.400. The van der Waals surface area contributed by atoms with Crippen LogP contribution in [-0.2, 0) is 0 Å². The molecule has 1 aromatic rings. The summed E-state index contributed by atoms with van der Waals surface area (Å²) in [6.07, 6.45) is 0. The molecular formula is C10H12ClNO. The molecule has 3 heteroatoms. The monoisotopic (exact) mass is 197 g/mol. The number of rotatable bonds is 1. The Kier molecular flexibility index (Phi) is 2.18. The highest BCUT2D eigenvalue weighted by Crippen LogP contribution is 2.39. The van der Waals surface area contributed by atoms with Gasteiger partial charge in [0.2, 0.25) is 0 Å². The zero-order valence-electron chi connectivity index (χ0n) is 7.46. The molecule has 0 fully saturated rings. The summed E-state index contributed by atoms with van der Waals surface area (Å²) in [5.74, 6) is 1.12. The second-order valence-corrected chi connectivity index (χ2v) is 3.84. The molecule has 0 bridgehead atoms. The first-order valence-electron chi connectivity index (χ1n) is 4.37. The number of ether oxygens (including phenoxy) is 1. The highest BCUT2D eigenvalue weighted by molar-refractivity contribution is 6.31. The zero-order chi connectivity index (χ0) is 9.42. The van der Waals surface area contributed by atoms with Gasteiger partial charge in [0.15, 0.2) is 0 Å². The maximum Gasteiger partial charge on any atom is 0.124 e. The molecule has 1 aromatic carbocycles. The van der Waals surface area contributed by atoms with Gasteiger partial charge >= 0.3 is 0 Å². The lowest BCUT2D eigenvalue weighted by Gasteiger charge is -2.13. The Labute approximate surface area is 82.6 Å². The SMILES string of the molecule is CC(N)C1COc2cccc(Cl)c21. The predicted octanol–water partition coefficient (Wildman–Crippen LogP) is 2.16. The molecular weight excluding hydrogens is 186 g/mol. The third kappa shape index (κ3) is 1.40. The van der Waals surface area contributed by atoms with Crippen LogP contribution in [0, 0.1) is 0 Å². The molecule has 13 heavy (non-hydrogen) atoms. The van der Waals surface area contributed by atoms with E-state index < -0.39 is 0 Å². The molecule has 0 aromatic heterocycles. The van der Waals surface area contributed by atoms with E-state index in [0.29, 0.717) is 6.61 Å². The average Bonchev–Trinajstić information content (AvgIpc) is 2.49. The van der Waals surface area contributed by atoms with Crippen molar-refractivity contribution in [1.82, 2.24) is 0 Å². The molecule has 70 valence electrons. The summed E-state index contributed by atoms with van der Waals surface area (Å²) < 4.78 is 5.49. The van der Waals surface area contributed by atoms with Crippen molar-refractivity contribution in [2.24, 2.45) is 5.73 Å². The molecule has 2 N–H and O–H groups in total. The van der Waals surface area contributed by atoms with Crippen LogP contribution in [0.15, 0.2) is 18.2 Å². The summed E-state index contributed by atoms with van der Waals surface area (Å²) in [7, 11) is 0. The summed E-state index contributed by atoms with van der Waals surface area (Å²) in [6.45, 7) is 2.63. The van der Waals surface area contributed by atoms with Gasteiger partial charge in [0.25, 0.3) is 0 Å². The van der Waals surface area contributed by atoms with Crippen LogP contribution >= 0.6 is 11.6 Å². The van der Waals surface area contributed by atoms with E-state index in [0.717, 1.165) is 16.3 Å². The van der Waals surface area contributed by atoms with E-state index in [-0.39, 0.29) is 12.0 Å². The van der Waals surface area contributed by atoms with Gasteiger partial charge in [0, 0.05) is 22.5 Å². The highest BCUT2D eigenvalue weighted by atomic mass is 35.5. The summed E-state index contributed by atoms with van der Waals surface area (Å²) in [4.78, 5) is 0. The van der Waals surface area contributed by atoms with Crippen LogP contribution in [0.1, 0.15) is 18.4 Å². The van der Waals surface area contributed by atoms with E-state index in [1.165, 1.54) is 0 Å². The van der Waals surface area contributed by atoms with E-state index in [1.54, 1.807) is 0 Å². The van der Waals surface area contributed by atoms with Crippen LogP contribution in [0.2, 0.25) is 5.02 Å².